The van der Waals surface area contributed by atoms with Gasteiger partial charge in [-0.2, -0.15) is 0 Å². The van der Waals surface area contributed by atoms with Crippen LogP contribution in [0.5, 0.6) is 0 Å². The van der Waals surface area contributed by atoms with Crippen molar-refractivity contribution in [1.82, 2.24) is 0 Å². The summed E-state index contributed by atoms with van der Waals surface area (Å²) in [6.45, 7) is 3.69. The Morgan fingerprint density at radius 1 is 1.45 bits per heavy atom. The molecule has 2 unspecified atom stereocenters. The molecule has 1 saturated heterocycles. The summed E-state index contributed by atoms with van der Waals surface area (Å²) in [5.74, 6) is 0.489. The monoisotopic (exact) mass is 318 g/mol. The maximum absolute atomic E-state index is 11.2. The summed E-state index contributed by atoms with van der Waals surface area (Å²) in [7, 11) is -3.32. The highest BCUT2D eigenvalue weighted by Gasteiger charge is 2.22. The first-order valence-corrected chi connectivity index (χ1v) is 8.74. The summed E-state index contributed by atoms with van der Waals surface area (Å²) in [6, 6.07) is 5.47. The van der Waals surface area contributed by atoms with Gasteiger partial charge in [-0.25, -0.2) is 8.42 Å². The smallest absolute Gasteiger partial charge is 0.229 e. The van der Waals surface area contributed by atoms with Crippen molar-refractivity contribution < 1.29 is 13.2 Å². The van der Waals surface area contributed by atoms with E-state index in [1.54, 1.807) is 12.1 Å². The third kappa shape index (κ3) is 4.26. The van der Waals surface area contributed by atoms with E-state index in [1.165, 1.54) is 0 Å². The molecule has 2 rings (SSSR count). The van der Waals surface area contributed by atoms with Crippen molar-refractivity contribution in [3.63, 3.8) is 0 Å². The molecule has 5 nitrogen and oxygen atoms in total. The van der Waals surface area contributed by atoms with Crippen molar-refractivity contribution in [3.05, 3.63) is 23.2 Å². The van der Waals surface area contributed by atoms with Crippen LogP contribution in [0.15, 0.2) is 18.2 Å². The average molecular weight is 319 g/mol. The van der Waals surface area contributed by atoms with E-state index in [0.29, 0.717) is 16.6 Å². The fourth-order valence-corrected chi connectivity index (χ4v) is 3.08. The van der Waals surface area contributed by atoms with Gasteiger partial charge in [0, 0.05) is 24.3 Å². The van der Waals surface area contributed by atoms with Crippen LogP contribution >= 0.6 is 11.6 Å². The van der Waals surface area contributed by atoms with Crippen LogP contribution in [0, 0.1) is 5.92 Å². The minimum absolute atomic E-state index is 0.280. The predicted octanol–water partition coefficient (Wildman–Crippen LogP) is 2.55. The molecule has 0 aromatic heterocycles. The molecule has 0 radical (unpaired) electrons. The van der Waals surface area contributed by atoms with Gasteiger partial charge in [0.2, 0.25) is 10.0 Å². The van der Waals surface area contributed by atoms with Crippen LogP contribution in [0.4, 0.5) is 11.4 Å². The molecule has 2 atom stereocenters. The molecule has 0 bridgehead atoms. The third-order valence-electron chi connectivity index (χ3n) is 3.33. The molecule has 1 fully saturated rings. The van der Waals surface area contributed by atoms with E-state index in [4.69, 9.17) is 16.3 Å². The normalized spacial score (nSPS) is 20.6. The molecule has 20 heavy (non-hydrogen) atoms. The number of halogens is 1. The zero-order valence-electron chi connectivity index (χ0n) is 11.5. The predicted molar refractivity (Wildman–Crippen MR) is 81.9 cm³/mol. The Labute approximate surface area is 124 Å². The van der Waals surface area contributed by atoms with Gasteiger partial charge in [-0.3, -0.25) is 4.72 Å². The number of nitrogens with one attached hydrogen (secondary N) is 2. The number of rotatable bonds is 5. The van der Waals surface area contributed by atoms with Crippen molar-refractivity contribution >= 4 is 33.0 Å². The fourth-order valence-electron chi connectivity index (χ4n) is 2.22. The lowest BCUT2D eigenvalue weighted by Crippen LogP contribution is -2.26. The van der Waals surface area contributed by atoms with E-state index in [1.807, 2.05) is 6.07 Å². The Hall–Kier alpha value is -0.980. The number of hydrogen-bond donors (Lipinski definition) is 2. The molecule has 0 spiro atoms. The van der Waals surface area contributed by atoms with Gasteiger partial charge in [0.05, 0.1) is 23.6 Å². The van der Waals surface area contributed by atoms with E-state index in [9.17, 15) is 8.42 Å². The SMILES string of the molecule is CC(Nc1ccc(NS(C)(=O)=O)c(Cl)c1)C1CCOC1. The second-order valence-electron chi connectivity index (χ2n) is 5.13. The van der Waals surface area contributed by atoms with E-state index in [0.717, 1.165) is 31.6 Å². The topological polar surface area (TPSA) is 67.4 Å². The summed E-state index contributed by atoms with van der Waals surface area (Å²) in [4.78, 5) is 0. The van der Waals surface area contributed by atoms with Crippen molar-refractivity contribution in [1.29, 1.82) is 0 Å². The molecule has 1 aromatic carbocycles. The molecule has 1 aliphatic heterocycles. The quantitative estimate of drug-likeness (QED) is 0.875. The zero-order chi connectivity index (χ0) is 14.8. The highest BCUT2D eigenvalue weighted by Crippen LogP contribution is 2.28. The van der Waals surface area contributed by atoms with E-state index in [2.05, 4.69) is 17.0 Å². The summed E-state index contributed by atoms with van der Waals surface area (Å²) in [5, 5.41) is 3.74. The lowest BCUT2D eigenvalue weighted by molar-refractivity contribution is 0.183. The summed E-state index contributed by atoms with van der Waals surface area (Å²) < 4.78 is 30.1. The standard InChI is InChI=1S/C13H19ClN2O3S/c1-9(10-5-6-19-8-10)15-11-3-4-13(12(14)7-11)16-20(2,17)18/h3-4,7,9-10,15-16H,5-6,8H2,1-2H3. The molecule has 0 amide bonds. The van der Waals surface area contributed by atoms with Crippen molar-refractivity contribution in [2.75, 3.05) is 29.5 Å². The molecule has 0 saturated carbocycles. The fraction of sp³-hybridized carbons (Fsp3) is 0.538. The maximum Gasteiger partial charge on any atom is 0.229 e. The van der Waals surface area contributed by atoms with Crippen LogP contribution in [0.1, 0.15) is 13.3 Å². The zero-order valence-corrected chi connectivity index (χ0v) is 13.1. The van der Waals surface area contributed by atoms with Gasteiger partial charge in [0.1, 0.15) is 0 Å². The first kappa shape index (κ1) is 15.4. The second-order valence-corrected chi connectivity index (χ2v) is 7.28. The van der Waals surface area contributed by atoms with Crippen LogP contribution in [0.3, 0.4) is 0 Å². The van der Waals surface area contributed by atoms with Gasteiger partial charge in [-0.05, 0) is 31.5 Å². The first-order chi connectivity index (χ1) is 9.35. The van der Waals surface area contributed by atoms with Crippen LogP contribution in [-0.4, -0.2) is 33.9 Å². The Kier molecular flexibility index (Phi) is 4.78. The summed E-state index contributed by atoms with van der Waals surface area (Å²) >= 11 is 6.09. The number of hydrogen-bond acceptors (Lipinski definition) is 4. The first-order valence-electron chi connectivity index (χ1n) is 6.47. The second kappa shape index (κ2) is 6.20. The Morgan fingerprint density at radius 3 is 2.75 bits per heavy atom. The number of ether oxygens (including phenoxy) is 1. The lowest BCUT2D eigenvalue weighted by atomic mass is 10.0. The minimum Gasteiger partial charge on any atom is -0.382 e. The van der Waals surface area contributed by atoms with Crippen LogP contribution in [0.2, 0.25) is 5.02 Å². The molecular weight excluding hydrogens is 300 g/mol. The highest BCUT2D eigenvalue weighted by atomic mass is 35.5. The van der Waals surface area contributed by atoms with Gasteiger partial charge < -0.3 is 10.1 Å². The van der Waals surface area contributed by atoms with Crippen molar-refractivity contribution in [2.24, 2.45) is 5.92 Å². The van der Waals surface area contributed by atoms with Crippen LogP contribution in [-0.2, 0) is 14.8 Å². The molecule has 2 N–H and O–H groups in total. The number of anilines is 2. The van der Waals surface area contributed by atoms with Gasteiger partial charge in [-0.15, -0.1) is 0 Å². The summed E-state index contributed by atoms with van der Waals surface area (Å²) in [5.41, 5.74) is 1.25. The molecule has 1 aromatic rings. The minimum atomic E-state index is -3.32. The van der Waals surface area contributed by atoms with E-state index < -0.39 is 10.0 Å². The van der Waals surface area contributed by atoms with Crippen molar-refractivity contribution in [2.45, 2.75) is 19.4 Å². The van der Waals surface area contributed by atoms with Gasteiger partial charge in [0.15, 0.2) is 0 Å². The Bertz CT molecular complexity index is 571. The third-order valence-corrected chi connectivity index (χ3v) is 4.23. The highest BCUT2D eigenvalue weighted by molar-refractivity contribution is 7.92. The number of sulfonamides is 1. The molecule has 1 heterocycles. The van der Waals surface area contributed by atoms with Crippen LogP contribution in [0.25, 0.3) is 0 Å². The van der Waals surface area contributed by atoms with E-state index in [-0.39, 0.29) is 6.04 Å². The Balaban J connectivity index is 2.05. The molecule has 7 heteroatoms. The molecule has 1 aliphatic rings. The summed E-state index contributed by atoms with van der Waals surface area (Å²) in [6.07, 6.45) is 2.15. The molecular formula is C13H19ClN2O3S. The van der Waals surface area contributed by atoms with Gasteiger partial charge >= 0.3 is 0 Å². The number of benzene rings is 1. The Morgan fingerprint density at radius 2 is 2.20 bits per heavy atom. The lowest BCUT2D eigenvalue weighted by Gasteiger charge is -2.21. The van der Waals surface area contributed by atoms with Gasteiger partial charge in [-0.1, -0.05) is 11.6 Å². The van der Waals surface area contributed by atoms with Gasteiger partial charge in [0.25, 0.3) is 0 Å². The molecule has 112 valence electrons. The maximum atomic E-state index is 11.2. The van der Waals surface area contributed by atoms with E-state index >= 15 is 0 Å². The largest absolute Gasteiger partial charge is 0.382 e. The van der Waals surface area contributed by atoms with Crippen molar-refractivity contribution in [3.8, 4) is 0 Å². The molecule has 0 aliphatic carbocycles. The van der Waals surface area contributed by atoms with Crippen LogP contribution < -0.4 is 10.0 Å². The average Bonchev–Trinajstić information content (AvgIpc) is 2.85.